The van der Waals surface area contributed by atoms with E-state index in [-0.39, 0.29) is 19.6 Å². The Balaban J connectivity index is 2.12. The van der Waals surface area contributed by atoms with Gasteiger partial charge in [-0.15, -0.1) is 0 Å². The van der Waals surface area contributed by atoms with Gasteiger partial charge in [-0.25, -0.2) is 0 Å². The van der Waals surface area contributed by atoms with Crippen molar-refractivity contribution in [2.45, 2.75) is 25.8 Å². The van der Waals surface area contributed by atoms with Crippen molar-refractivity contribution in [3.05, 3.63) is 59.1 Å². The topological polar surface area (TPSA) is 98.5 Å². The van der Waals surface area contributed by atoms with Gasteiger partial charge in [0.25, 0.3) is 5.91 Å². The molecule has 0 aliphatic rings. The van der Waals surface area contributed by atoms with E-state index in [1.165, 1.54) is 0 Å². The number of carbonyl (C=O) groups excluding carboxylic acids is 3. The highest BCUT2D eigenvalue weighted by atomic mass is 35.5. The Morgan fingerprint density at radius 2 is 1.82 bits per heavy atom. The van der Waals surface area contributed by atoms with Gasteiger partial charge in [0.05, 0.1) is 19.6 Å². The molecule has 2 rings (SSSR count). The van der Waals surface area contributed by atoms with Crippen LogP contribution in [0.15, 0.2) is 48.5 Å². The second-order valence-corrected chi connectivity index (χ2v) is 6.65. The number of halogens is 1. The van der Waals surface area contributed by atoms with Gasteiger partial charge in [0, 0.05) is 11.1 Å². The zero-order valence-electron chi connectivity index (χ0n) is 15.6. The number of amides is 1. The van der Waals surface area contributed by atoms with E-state index in [1.807, 2.05) is 48.5 Å². The van der Waals surface area contributed by atoms with Gasteiger partial charge in [0.1, 0.15) is 0 Å². The Morgan fingerprint density at radius 3 is 2.43 bits per heavy atom. The molecule has 1 amide bonds. The molecule has 0 heterocycles. The summed E-state index contributed by atoms with van der Waals surface area (Å²) in [5, 5.41) is 3.23. The van der Waals surface area contributed by atoms with E-state index in [9.17, 15) is 14.4 Å². The minimum Gasteiger partial charge on any atom is -0.466 e. The first-order chi connectivity index (χ1) is 13.4. The van der Waals surface area contributed by atoms with E-state index < -0.39 is 23.7 Å². The number of nitrogens with two attached hydrogens (primary N) is 1. The Hall–Kier alpha value is -2.70. The second-order valence-electron chi connectivity index (χ2n) is 6.22. The van der Waals surface area contributed by atoms with Crippen LogP contribution in [0.1, 0.15) is 18.9 Å². The largest absolute Gasteiger partial charge is 0.466 e. The van der Waals surface area contributed by atoms with E-state index in [1.54, 1.807) is 6.92 Å². The SMILES string of the molecule is CCOC(=O)C[C@@H](Cc1ccc(-c2cccc(Cl)c2)cc1)NC(=O)C(=O)CN. The van der Waals surface area contributed by atoms with E-state index in [4.69, 9.17) is 22.1 Å². The normalized spacial score (nSPS) is 11.5. The fourth-order valence-corrected chi connectivity index (χ4v) is 2.93. The van der Waals surface area contributed by atoms with Crippen molar-refractivity contribution in [3.63, 3.8) is 0 Å². The van der Waals surface area contributed by atoms with Crippen LogP contribution in [0.3, 0.4) is 0 Å². The molecule has 6 nitrogen and oxygen atoms in total. The number of ether oxygens (including phenoxy) is 1. The van der Waals surface area contributed by atoms with E-state index in [2.05, 4.69) is 5.32 Å². The average molecular weight is 403 g/mol. The monoisotopic (exact) mass is 402 g/mol. The van der Waals surface area contributed by atoms with Crippen molar-refractivity contribution in [1.82, 2.24) is 5.32 Å². The lowest BCUT2D eigenvalue weighted by molar-refractivity contribution is -0.144. The highest BCUT2D eigenvalue weighted by Crippen LogP contribution is 2.23. The number of benzene rings is 2. The quantitative estimate of drug-likeness (QED) is 0.496. The van der Waals surface area contributed by atoms with Gasteiger partial charge < -0.3 is 15.8 Å². The van der Waals surface area contributed by atoms with Crippen LogP contribution < -0.4 is 11.1 Å². The maximum Gasteiger partial charge on any atom is 0.307 e. The summed E-state index contributed by atoms with van der Waals surface area (Å²) in [6.07, 6.45) is 0.339. The lowest BCUT2D eigenvalue weighted by atomic mass is 9.99. The third-order valence-electron chi connectivity index (χ3n) is 4.09. The molecule has 7 heteroatoms. The number of hydrogen-bond donors (Lipinski definition) is 2. The Morgan fingerprint density at radius 1 is 1.11 bits per heavy atom. The fourth-order valence-electron chi connectivity index (χ4n) is 2.74. The fraction of sp³-hybridized carbons (Fsp3) is 0.286. The molecular formula is C21H23ClN2O4. The third-order valence-corrected chi connectivity index (χ3v) is 4.32. The summed E-state index contributed by atoms with van der Waals surface area (Å²) in [6.45, 7) is 1.57. The minimum atomic E-state index is -0.799. The predicted molar refractivity (Wildman–Crippen MR) is 108 cm³/mol. The van der Waals surface area contributed by atoms with Gasteiger partial charge in [0.2, 0.25) is 5.78 Å². The summed E-state index contributed by atoms with van der Waals surface area (Å²) in [5.74, 6) is -1.97. The molecule has 0 aliphatic carbocycles. The number of Topliss-reactive ketones (excluding diaryl/α,β-unsaturated/α-hetero) is 1. The van der Waals surface area contributed by atoms with Crippen LogP contribution in [0.4, 0.5) is 0 Å². The lowest BCUT2D eigenvalue weighted by Gasteiger charge is -2.18. The molecule has 0 radical (unpaired) electrons. The summed E-state index contributed by atoms with van der Waals surface area (Å²) < 4.78 is 4.95. The average Bonchev–Trinajstić information content (AvgIpc) is 2.68. The van der Waals surface area contributed by atoms with Crippen LogP contribution in [0.5, 0.6) is 0 Å². The maximum atomic E-state index is 11.9. The Labute approximate surface area is 169 Å². The van der Waals surface area contributed by atoms with Crippen molar-refractivity contribution in [1.29, 1.82) is 0 Å². The standard InChI is InChI=1S/C21H23ClN2O4/c1-2-28-20(26)12-18(24-21(27)19(25)13-23)10-14-6-8-15(9-7-14)16-4-3-5-17(22)11-16/h3-9,11,18H,2,10,12-13,23H2,1H3,(H,24,27)/t18-/m1/s1. The minimum absolute atomic E-state index is 0.0342. The number of nitrogens with one attached hydrogen (secondary N) is 1. The second kappa shape index (κ2) is 10.6. The first-order valence-electron chi connectivity index (χ1n) is 8.97. The molecule has 0 unspecified atom stereocenters. The van der Waals surface area contributed by atoms with Crippen molar-refractivity contribution in [2.24, 2.45) is 5.73 Å². The van der Waals surface area contributed by atoms with Crippen LogP contribution in [0.25, 0.3) is 11.1 Å². The highest BCUT2D eigenvalue weighted by molar-refractivity contribution is 6.37. The molecule has 2 aromatic rings. The smallest absolute Gasteiger partial charge is 0.307 e. The summed E-state index contributed by atoms with van der Waals surface area (Å²) in [6, 6.07) is 14.7. The summed E-state index contributed by atoms with van der Waals surface area (Å²) in [4.78, 5) is 35.2. The number of hydrogen-bond acceptors (Lipinski definition) is 5. The zero-order valence-corrected chi connectivity index (χ0v) is 16.4. The molecule has 0 saturated carbocycles. The molecule has 0 aliphatic heterocycles. The molecule has 0 aromatic heterocycles. The molecular weight excluding hydrogens is 380 g/mol. The van der Waals surface area contributed by atoms with Gasteiger partial charge in [0.15, 0.2) is 0 Å². The molecule has 1 atom stereocenters. The van der Waals surface area contributed by atoms with Gasteiger partial charge in [-0.3, -0.25) is 14.4 Å². The van der Waals surface area contributed by atoms with Gasteiger partial charge >= 0.3 is 5.97 Å². The Bertz CT molecular complexity index is 837. The van der Waals surface area contributed by atoms with Crippen LogP contribution in [0.2, 0.25) is 5.02 Å². The van der Waals surface area contributed by atoms with Gasteiger partial charge in [-0.05, 0) is 42.2 Å². The molecule has 3 N–H and O–H groups in total. The van der Waals surface area contributed by atoms with Crippen molar-refractivity contribution < 1.29 is 19.1 Å². The summed E-state index contributed by atoms with van der Waals surface area (Å²) in [5.41, 5.74) is 8.11. The maximum absolute atomic E-state index is 11.9. The third kappa shape index (κ3) is 6.48. The van der Waals surface area contributed by atoms with E-state index in [0.717, 1.165) is 16.7 Å². The summed E-state index contributed by atoms with van der Waals surface area (Å²) >= 11 is 6.03. The van der Waals surface area contributed by atoms with Crippen LogP contribution in [-0.4, -0.2) is 36.9 Å². The summed E-state index contributed by atoms with van der Waals surface area (Å²) in [7, 11) is 0. The molecule has 2 aromatic carbocycles. The molecule has 0 bridgehead atoms. The number of carbonyl (C=O) groups is 3. The lowest BCUT2D eigenvalue weighted by Crippen LogP contribution is -2.43. The first-order valence-corrected chi connectivity index (χ1v) is 9.35. The van der Waals surface area contributed by atoms with E-state index >= 15 is 0 Å². The highest BCUT2D eigenvalue weighted by Gasteiger charge is 2.21. The van der Waals surface area contributed by atoms with Gasteiger partial charge in [-0.1, -0.05) is 48.0 Å². The van der Waals surface area contributed by atoms with Crippen LogP contribution >= 0.6 is 11.6 Å². The molecule has 148 valence electrons. The molecule has 28 heavy (non-hydrogen) atoms. The van der Waals surface area contributed by atoms with Crippen molar-refractivity contribution >= 4 is 29.3 Å². The Kier molecular flexibility index (Phi) is 8.17. The molecule has 0 saturated heterocycles. The van der Waals surface area contributed by atoms with Crippen LogP contribution in [0, 0.1) is 0 Å². The number of esters is 1. The number of ketones is 1. The number of rotatable bonds is 9. The molecule has 0 fully saturated rings. The van der Waals surface area contributed by atoms with E-state index in [0.29, 0.717) is 11.4 Å². The first kappa shape index (κ1) is 21.6. The van der Waals surface area contributed by atoms with Crippen molar-refractivity contribution in [3.8, 4) is 11.1 Å². The predicted octanol–water partition coefficient (Wildman–Crippen LogP) is 2.52. The van der Waals surface area contributed by atoms with Crippen LogP contribution in [-0.2, 0) is 25.5 Å². The molecule has 0 spiro atoms. The van der Waals surface area contributed by atoms with Crippen molar-refractivity contribution in [2.75, 3.05) is 13.2 Å². The zero-order chi connectivity index (χ0) is 20.5. The van der Waals surface area contributed by atoms with Gasteiger partial charge in [-0.2, -0.15) is 0 Å².